The zero-order chi connectivity index (χ0) is 14.0. The highest BCUT2D eigenvalue weighted by Gasteiger charge is 2.48. The summed E-state index contributed by atoms with van der Waals surface area (Å²) in [6, 6.07) is 6.91. The molecule has 1 unspecified atom stereocenters. The predicted octanol–water partition coefficient (Wildman–Crippen LogP) is 1.11. The van der Waals surface area contributed by atoms with Gasteiger partial charge < -0.3 is 11.5 Å². The Morgan fingerprint density at radius 2 is 1.95 bits per heavy atom. The number of carbonyl (C=O) groups is 1. The molecule has 0 heterocycles. The molecule has 6 heteroatoms. The standard InChI is InChI=1S/C13H13N3O3/c14-11-5-3-9(4-6-11)10-2-1-7-13(8-10,12(15)17)16(18)19/h1-7H,8,14H2,(H2,15,17). The van der Waals surface area contributed by atoms with Gasteiger partial charge in [-0.25, -0.2) is 0 Å². The summed E-state index contributed by atoms with van der Waals surface area (Å²) in [7, 11) is 0. The van der Waals surface area contributed by atoms with E-state index in [1.807, 2.05) is 0 Å². The van der Waals surface area contributed by atoms with E-state index in [1.165, 1.54) is 12.2 Å². The van der Waals surface area contributed by atoms with Crippen molar-refractivity contribution in [1.82, 2.24) is 0 Å². The largest absolute Gasteiger partial charge is 0.399 e. The number of carbonyl (C=O) groups excluding carboxylic acids is 1. The van der Waals surface area contributed by atoms with Gasteiger partial charge in [0, 0.05) is 16.7 Å². The molecule has 0 radical (unpaired) electrons. The van der Waals surface area contributed by atoms with Crippen molar-refractivity contribution in [2.75, 3.05) is 5.73 Å². The minimum atomic E-state index is -1.87. The number of allylic oxidation sites excluding steroid dienone is 2. The van der Waals surface area contributed by atoms with Crippen LogP contribution in [0.1, 0.15) is 12.0 Å². The van der Waals surface area contributed by atoms with Crippen molar-refractivity contribution in [2.24, 2.45) is 5.73 Å². The van der Waals surface area contributed by atoms with Gasteiger partial charge in [0.2, 0.25) is 0 Å². The molecule has 19 heavy (non-hydrogen) atoms. The summed E-state index contributed by atoms with van der Waals surface area (Å²) in [5, 5.41) is 11.2. The van der Waals surface area contributed by atoms with Crippen LogP contribution in [-0.4, -0.2) is 16.4 Å². The second-order valence-corrected chi connectivity index (χ2v) is 4.40. The van der Waals surface area contributed by atoms with Crippen LogP contribution in [0.2, 0.25) is 0 Å². The number of nitrogen functional groups attached to an aromatic ring is 1. The lowest BCUT2D eigenvalue weighted by Crippen LogP contribution is -2.49. The van der Waals surface area contributed by atoms with Crippen molar-refractivity contribution in [1.29, 1.82) is 0 Å². The molecule has 1 aliphatic carbocycles. The molecule has 0 spiro atoms. The topological polar surface area (TPSA) is 112 Å². The highest BCUT2D eigenvalue weighted by Crippen LogP contribution is 2.32. The molecule has 1 aliphatic rings. The number of hydrogen-bond acceptors (Lipinski definition) is 4. The molecule has 0 fully saturated rings. The van der Waals surface area contributed by atoms with E-state index in [0.29, 0.717) is 11.3 Å². The maximum Gasteiger partial charge on any atom is 0.320 e. The molecule has 6 nitrogen and oxygen atoms in total. The maximum atomic E-state index is 11.4. The summed E-state index contributed by atoms with van der Waals surface area (Å²) in [4.78, 5) is 21.9. The second-order valence-electron chi connectivity index (χ2n) is 4.40. The monoisotopic (exact) mass is 259 g/mol. The number of nitro groups is 1. The highest BCUT2D eigenvalue weighted by atomic mass is 16.6. The van der Waals surface area contributed by atoms with E-state index < -0.39 is 16.4 Å². The molecule has 0 aliphatic heterocycles. The normalized spacial score (nSPS) is 21.8. The Labute approximate surface area is 109 Å². The fourth-order valence-corrected chi connectivity index (χ4v) is 2.01. The fourth-order valence-electron chi connectivity index (χ4n) is 2.01. The maximum absolute atomic E-state index is 11.4. The molecule has 1 atom stereocenters. The van der Waals surface area contributed by atoms with Gasteiger partial charge in [0.25, 0.3) is 5.91 Å². The van der Waals surface area contributed by atoms with E-state index in [-0.39, 0.29) is 6.42 Å². The Hall–Kier alpha value is -2.63. The second kappa shape index (κ2) is 4.56. The third-order valence-corrected chi connectivity index (χ3v) is 3.16. The third kappa shape index (κ3) is 2.20. The number of hydrogen-bond donors (Lipinski definition) is 2. The van der Waals surface area contributed by atoms with Gasteiger partial charge in [-0.1, -0.05) is 24.3 Å². The summed E-state index contributed by atoms with van der Waals surface area (Å²) in [5.41, 5.74) is 11.0. The van der Waals surface area contributed by atoms with Crippen molar-refractivity contribution < 1.29 is 9.72 Å². The highest BCUT2D eigenvalue weighted by molar-refractivity contribution is 5.89. The third-order valence-electron chi connectivity index (χ3n) is 3.16. The summed E-state index contributed by atoms with van der Waals surface area (Å²) in [6.07, 6.45) is 4.39. The van der Waals surface area contributed by atoms with Crippen LogP contribution in [0.4, 0.5) is 5.69 Å². The fraction of sp³-hybridized carbons (Fsp3) is 0.154. The van der Waals surface area contributed by atoms with Crippen molar-refractivity contribution >= 4 is 17.2 Å². The molecular formula is C13H13N3O3. The van der Waals surface area contributed by atoms with Crippen LogP contribution < -0.4 is 11.5 Å². The molecule has 4 N–H and O–H groups in total. The van der Waals surface area contributed by atoms with Gasteiger partial charge >= 0.3 is 5.54 Å². The van der Waals surface area contributed by atoms with Crippen molar-refractivity contribution in [2.45, 2.75) is 12.0 Å². The van der Waals surface area contributed by atoms with Gasteiger partial charge in [-0.3, -0.25) is 14.9 Å². The van der Waals surface area contributed by atoms with Crippen LogP contribution in [0.3, 0.4) is 0 Å². The van der Waals surface area contributed by atoms with Crippen LogP contribution in [0, 0.1) is 10.1 Å². The minimum absolute atomic E-state index is 0.0598. The SMILES string of the molecule is NC(=O)C1([N+](=O)[O-])C=CC=C(c2ccc(N)cc2)C1. The number of nitrogens with two attached hydrogens (primary N) is 2. The van der Waals surface area contributed by atoms with Gasteiger partial charge in [0.15, 0.2) is 0 Å². The molecule has 2 rings (SSSR count). The number of amides is 1. The lowest BCUT2D eigenvalue weighted by Gasteiger charge is -2.22. The molecule has 0 bridgehead atoms. The Bertz CT molecular complexity index is 574. The Morgan fingerprint density at radius 3 is 2.47 bits per heavy atom. The van der Waals surface area contributed by atoms with Gasteiger partial charge in [-0.2, -0.15) is 0 Å². The van der Waals surface area contributed by atoms with E-state index in [2.05, 4.69) is 0 Å². The summed E-state index contributed by atoms with van der Waals surface area (Å²) >= 11 is 0. The van der Waals surface area contributed by atoms with E-state index in [9.17, 15) is 14.9 Å². The number of rotatable bonds is 3. The molecule has 1 amide bonds. The first-order valence-electron chi connectivity index (χ1n) is 5.64. The zero-order valence-electron chi connectivity index (χ0n) is 10.1. The van der Waals surface area contributed by atoms with Gasteiger partial charge in [0.1, 0.15) is 0 Å². The molecule has 0 aromatic heterocycles. The number of benzene rings is 1. The first-order valence-corrected chi connectivity index (χ1v) is 5.64. The van der Waals surface area contributed by atoms with Crippen LogP contribution in [-0.2, 0) is 4.79 Å². The molecule has 98 valence electrons. The van der Waals surface area contributed by atoms with E-state index >= 15 is 0 Å². The zero-order valence-corrected chi connectivity index (χ0v) is 10.1. The van der Waals surface area contributed by atoms with E-state index in [1.54, 1.807) is 30.3 Å². The van der Waals surface area contributed by atoms with E-state index in [4.69, 9.17) is 11.5 Å². The first kappa shape index (κ1) is 12.8. The lowest BCUT2D eigenvalue weighted by molar-refractivity contribution is -0.536. The first-order chi connectivity index (χ1) is 8.95. The summed E-state index contributed by atoms with van der Waals surface area (Å²) in [5.74, 6) is -0.963. The van der Waals surface area contributed by atoms with Gasteiger partial charge in [-0.05, 0) is 23.3 Å². The van der Waals surface area contributed by atoms with E-state index in [0.717, 1.165) is 5.56 Å². The predicted molar refractivity (Wildman–Crippen MR) is 71.5 cm³/mol. The lowest BCUT2D eigenvalue weighted by atomic mass is 9.83. The summed E-state index contributed by atoms with van der Waals surface area (Å²) < 4.78 is 0. The summed E-state index contributed by atoms with van der Waals surface area (Å²) in [6.45, 7) is 0. The van der Waals surface area contributed by atoms with Crippen molar-refractivity contribution in [3.05, 3.63) is 58.2 Å². The number of anilines is 1. The van der Waals surface area contributed by atoms with Crippen LogP contribution in [0.15, 0.2) is 42.5 Å². The smallest absolute Gasteiger partial charge is 0.320 e. The Morgan fingerprint density at radius 1 is 1.32 bits per heavy atom. The number of nitrogens with zero attached hydrogens (tertiary/aromatic N) is 1. The molecule has 1 aromatic rings. The molecule has 1 aromatic carbocycles. The van der Waals surface area contributed by atoms with Crippen LogP contribution in [0.5, 0.6) is 0 Å². The minimum Gasteiger partial charge on any atom is -0.399 e. The average Bonchev–Trinajstić information content (AvgIpc) is 2.39. The van der Waals surface area contributed by atoms with Crippen LogP contribution in [0.25, 0.3) is 5.57 Å². The van der Waals surface area contributed by atoms with Crippen molar-refractivity contribution in [3.8, 4) is 0 Å². The number of primary amides is 1. The Kier molecular flexibility index (Phi) is 3.08. The Balaban J connectivity index is 2.39. The van der Waals surface area contributed by atoms with Crippen molar-refractivity contribution in [3.63, 3.8) is 0 Å². The quantitative estimate of drug-likeness (QED) is 0.481. The van der Waals surface area contributed by atoms with Gasteiger partial charge in [-0.15, -0.1) is 0 Å². The average molecular weight is 259 g/mol. The van der Waals surface area contributed by atoms with Gasteiger partial charge in [0.05, 0.1) is 6.42 Å². The molecule has 0 saturated heterocycles. The van der Waals surface area contributed by atoms with Crippen LogP contribution >= 0.6 is 0 Å². The molecule has 0 saturated carbocycles. The molecular weight excluding hydrogens is 246 g/mol.